The lowest BCUT2D eigenvalue weighted by molar-refractivity contribution is 0.210. The average molecular weight is 262 g/mol. The van der Waals surface area contributed by atoms with Crippen LogP contribution >= 0.6 is 0 Å². The summed E-state index contributed by atoms with van der Waals surface area (Å²) in [7, 11) is 0. The number of hydrogen-bond acceptors (Lipinski definition) is 1. The molecule has 0 aromatic heterocycles. The Balaban J connectivity index is 1.84. The van der Waals surface area contributed by atoms with Crippen molar-refractivity contribution in [2.75, 3.05) is 0 Å². The zero-order valence-corrected chi connectivity index (χ0v) is 11.5. The maximum Gasteiger partial charge on any atom is 0.120 e. The quantitative estimate of drug-likeness (QED) is 0.731. The van der Waals surface area contributed by atoms with Gasteiger partial charge in [-0.25, -0.2) is 0 Å². The van der Waals surface area contributed by atoms with Crippen molar-refractivity contribution >= 4 is 0 Å². The van der Waals surface area contributed by atoms with E-state index in [1.807, 2.05) is 30.3 Å². The molecule has 1 aliphatic rings. The second-order valence-corrected chi connectivity index (χ2v) is 5.28. The van der Waals surface area contributed by atoms with Gasteiger partial charge in [0.1, 0.15) is 5.75 Å². The number of terminal acetylenes is 1. The van der Waals surface area contributed by atoms with Crippen LogP contribution in [0.25, 0.3) is 11.1 Å². The topological polar surface area (TPSA) is 9.23 Å². The van der Waals surface area contributed by atoms with Gasteiger partial charge in [0.05, 0.1) is 6.10 Å². The molecule has 1 aliphatic carbocycles. The van der Waals surface area contributed by atoms with E-state index < -0.39 is 0 Å². The Morgan fingerprint density at radius 3 is 2.40 bits per heavy atom. The molecule has 0 N–H and O–H groups in total. The van der Waals surface area contributed by atoms with Gasteiger partial charge in [0.2, 0.25) is 0 Å². The standard InChI is InChI=1S/C19H18O/c1-2-15-7-5-8-16(13-15)17-9-6-12-19(14-17)20-18-10-3-4-11-18/h1,5-9,12-14,18H,3-4,10-11H2. The Kier molecular flexibility index (Phi) is 3.74. The summed E-state index contributed by atoms with van der Waals surface area (Å²) >= 11 is 0. The molecular weight excluding hydrogens is 244 g/mol. The SMILES string of the molecule is C#Cc1cccc(-c2cccc(OC3CCCC3)c2)c1. The average Bonchev–Trinajstić information content (AvgIpc) is 3.00. The third kappa shape index (κ3) is 2.86. The van der Waals surface area contributed by atoms with Crippen LogP contribution in [0.15, 0.2) is 48.5 Å². The van der Waals surface area contributed by atoms with Crippen LogP contribution in [-0.2, 0) is 0 Å². The summed E-state index contributed by atoms with van der Waals surface area (Å²) in [4.78, 5) is 0. The molecule has 2 aromatic carbocycles. The summed E-state index contributed by atoms with van der Waals surface area (Å²) in [6, 6.07) is 16.3. The van der Waals surface area contributed by atoms with Crippen LogP contribution in [0.5, 0.6) is 5.75 Å². The van der Waals surface area contributed by atoms with Crippen molar-refractivity contribution in [3.63, 3.8) is 0 Å². The molecule has 0 saturated heterocycles. The lowest BCUT2D eigenvalue weighted by Crippen LogP contribution is -2.10. The van der Waals surface area contributed by atoms with Gasteiger partial charge in [-0.15, -0.1) is 6.42 Å². The maximum absolute atomic E-state index is 6.05. The first-order valence-corrected chi connectivity index (χ1v) is 7.19. The molecule has 0 heterocycles. The van der Waals surface area contributed by atoms with E-state index in [9.17, 15) is 0 Å². The minimum Gasteiger partial charge on any atom is -0.490 e. The highest BCUT2D eigenvalue weighted by atomic mass is 16.5. The van der Waals surface area contributed by atoms with Crippen LogP contribution in [0, 0.1) is 12.3 Å². The summed E-state index contributed by atoms with van der Waals surface area (Å²) in [5.41, 5.74) is 3.19. The molecule has 0 amide bonds. The molecular formula is C19H18O. The molecule has 0 atom stereocenters. The molecule has 1 fully saturated rings. The highest BCUT2D eigenvalue weighted by molar-refractivity contribution is 5.66. The summed E-state index contributed by atoms with van der Waals surface area (Å²) in [5, 5.41) is 0. The van der Waals surface area contributed by atoms with Gasteiger partial charge in [0.25, 0.3) is 0 Å². The van der Waals surface area contributed by atoms with Crippen molar-refractivity contribution in [2.45, 2.75) is 31.8 Å². The van der Waals surface area contributed by atoms with Crippen LogP contribution < -0.4 is 4.74 Å². The van der Waals surface area contributed by atoms with E-state index in [1.165, 1.54) is 25.7 Å². The second-order valence-electron chi connectivity index (χ2n) is 5.28. The molecule has 1 heteroatoms. The molecule has 2 aromatic rings. The van der Waals surface area contributed by atoms with Crippen LogP contribution in [0.3, 0.4) is 0 Å². The van der Waals surface area contributed by atoms with Gasteiger partial charge in [-0.3, -0.25) is 0 Å². The summed E-state index contributed by atoms with van der Waals surface area (Å²) in [5.74, 6) is 3.64. The lowest BCUT2D eigenvalue weighted by Gasteiger charge is -2.14. The Hall–Kier alpha value is -2.20. The third-order valence-electron chi connectivity index (χ3n) is 3.80. The van der Waals surface area contributed by atoms with Crippen LogP contribution in [0.1, 0.15) is 31.2 Å². The molecule has 0 unspecified atom stereocenters. The molecule has 100 valence electrons. The Bertz CT molecular complexity index is 630. The monoisotopic (exact) mass is 262 g/mol. The van der Waals surface area contributed by atoms with E-state index >= 15 is 0 Å². The normalized spacial score (nSPS) is 14.9. The van der Waals surface area contributed by atoms with E-state index in [0.29, 0.717) is 6.10 Å². The van der Waals surface area contributed by atoms with Gasteiger partial charge in [0, 0.05) is 5.56 Å². The lowest BCUT2D eigenvalue weighted by atomic mass is 10.0. The molecule has 0 bridgehead atoms. The van der Waals surface area contributed by atoms with Gasteiger partial charge in [-0.2, -0.15) is 0 Å². The van der Waals surface area contributed by atoms with E-state index in [-0.39, 0.29) is 0 Å². The largest absolute Gasteiger partial charge is 0.490 e. The van der Waals surface area contributed by atoms with Crippen molar-refractivity contribution in [1.29, 1.82) is 0 Å². The number of benzene rings is 2. The van der Waals surface area contributed by atoms with Crippen LogP contribution in [0.4, 0.5) is 0 Å². The fraction of sp³-hybridized carbons (Fsp3) is 0.263. The summed E-state index contributed by atoms with van der Waals surface area (Å²) < 4.78 is 6.05. The predicted molar refractivity (Wildman–Crippen MR) is 82.7 cm³/mol. The minimum atomic E-state index is 0.391. The van der Waals surface area contributed by atoms with Crippen molar-refractivity contribution < 1.29 is 4.74 Å². The Labute approximate surface area is 120 Å². The zero-order valence-electron chi connectivity index (χ0n) is 11.5. The van der Waals surface area contributed by atoms with Gasteiger partial charge >= 0.3 is 0 Å². The number of rotatable bonds is 3. The van der Waals surface area contributed by atoms with Gasteiger partial charge in [0.15, 0.2) is 0 Å². The fourth-order valence-corrected chi connectivity index (χ4v) is 2.74. The van der Waals surface area contributed by atoms with Crippen molar-refractivity contribution in [3.05, 3.63) is 54.1 Å². The summed E-state index contributed by atoms with van der Waals surface area (Å²) in [6.07, 6.45) is 10.8. The van der Waals surface area contributed by atoms with E-state index in [2.05, 4.69) is 24.1 Å². The first kappa shape index (κ1) is 12.8. The molecule has 1 nitrogen and oxygen atoms in total. The van der Waals surface area contributed by atoms with Crippen molar-refractivity contribution in [3.8, 4) is 29.2 Å². The number of hydrogen-bond donors (Lipinski definition) is 0. The fourth-order valence-electron chi connectivity index (χ4n) is 2.74. The van der Waals surface area contributed by atoms with Gasteiger partial charge in [-0.1, -0.05) is 30.2 Å². The highest BCUT2D eigenvalue weighted by Crippen LogP contribution is 2.28. The minimum absolute atomic E-state index is 0.391. The molecule has 0 spiro atoms. The molecule has 1 saturated carbocycles. The smallest absolute Gasteiger partial charge is 0.120 e. The van der Waals surface area contributed by atoms with E-state index in [0.717, 1.165) is 22.4 Å². The molecule has 3 rings (SSSR count). The second kappa shape index (κ2) is 5.84. The Morgan fingerprint density at radius 1 is 0.950 bits per heavy atom. The zero-order chi connectivity index (χ0) is 13.8. The van der Waals surface area contributed by atoms with E-state index in [4.69, 9.17) is 11.2 Å². The maximum atomic E-state index is 6.05. The first-order valence-electron chi connectivity index (χ1n) is 7.19. The Morgan fingerprint density at radius 2 is 1.65 bits per heavy atom. The highest BCUT2D eigenvalue weighted by Gasteiger charge is 2.16. The van der Waals surface area contributed by atoms with Gasteiger partial charge < -0.3 is 4.74 Å². The number of ether oxygens (including phenoxy) is 1. The first-order chi connectivity index (χ1) is 9.85. The van der Waals surface area contributed by atoms with Crippen molar-refractivity contribution in [1.82, 2.24) is 0 Å². The van der Waals surface area contributed by atoms with Gasteiger partial charge in [-0.05, 0) is 61.1 Å². The molecule has 0 aliphatic heterocycles. The molecule has 20 heavy (non-hydrogen) atoms. The van der Waals surface area contributed by atoms with Crippen LogP contribution in [-0.4, -0.2) is 6.10 Å². The molecule has 0 radical (unpaired) electrons. The predicted octanol–water partition coefficient (Wildman–Crippen LogP) is 4.66. The third-order valence-corrected chi connectivity index (χ3v) is 3.80. The summed E-state index contributed by atoms with van der Waals surface area (Å²) in [6.45, 7) is 0. The van der Waals surface area contributed by atoms with Crippen LogP contribution in [0.2, 0.25) is 0 Å². The van der Waals surface area contributed by atoms with Crippen molar-refractivity contribution in [2.24, 2.45) is 0 Å². The van der Waals surface area contributed by atoms with E-state index in [1.54, 1.807) is 0 Å².